The third kappa shape index (κ3) is 18.2. The summed E-state index contributed by atoms with van der Waals surface area (Å²) < 4.78 is 142. The van der Waals surface area contributed by atoms with Gasteiger partial charge in [0.1, 0.15) is 42.0 Å². The third-order valence-electron chi connectivity index (χ3n) is 10.8. The lowest BCUT2D eigenvalue weighted by Gasteiger charge is -2.23. The number of amides is 1. The SMILES string of the molecule is CC(C)(C)SSCO[C@@H]1C[C@H](n2cc(C#CCOCSSC(C)(C)CNC(=O)c3ccc(-c4c5cc/c(=N\O)c(S(=O)(=O)O)c-5oc5c(S(=O)(=O)O)c(N)ccc45)c(C(=O)O)c3)c(N)nc2=O)O[C@@H]1COP(=O)(O)OP(=O)(O)OP(=O)(O)O. The van der Waals surface area contributed by atoms with E-state index >= 15 is 0 Å². The number of nitrogens with zero attached hydrogens (tertiary/aromatic N) is 3. The number of carboxylic acid groups (broad SMARTS) is 1. The summed E-state index contributed by atoms with van der Waals surface area (Å²) in [5, 5.41) is 24.7. The molecule has 3 aliphatic rings. The maximum atomic E-state index is 13.6. The van der Waals surface area contributed by atoms with E-state index in [-0.39, 0.29) is 75.2 Å². The van der Waals surface area contributed by atoms with Crippen molar-refractivity contribution in [2.75, 3.05) is 43.1 Å². The molecule has 3 aromatic rings. The van der Waals surface area contributed by atoms with Gasteiger partial charge in [0.15, 0.2) is 21.1 Å². The molecule has 13 N–H and O–H groups in total. The number of phosphoric acid groups is 3. The summed E-state index contributed by atoms with van der Waals surface area (Å²) in [4.78, 5) is 78.5. The zero-order valence-electron chi connectivity index (χ0n) is 43.4. The number of phosphoric ester groups is 1. The molecule has 83 heavy (non-hydrogen) atoms. The summed E-state index contributed by atoms with van der Waals surface area (Å²) in [5.74, 6) is 2.23. The largest absolute Gasteiger partial charge is 0.490 e. The Morgan fingerprint density at radius 2 is 1.58 bits per heavy atom. The minimum absolute atomic E-state index is 0.0166. The van der Waals surface area contributed by atoms with E-state index < -0.39 is 129 Å². The van der Waals surface area contributed by atoms with Gasteiger partial charge in [-0.15, -0.1) is 0 Å². The van der Waals surface area contributed by atoms with Crippen LogP contribution in [0, 0.1) is 11.8 Å². The number of benzene rings is 3. The van der Waals surface area contributed by atoms with Crippen molar-refractivity contribution >= 4 is 121 Å². The van der Waals surface area contributed by atoms with Gasteiger partial charge in [0.2, 0.25) is 0 Å². The van der Waals surface area contributed by atoms with Crippen LogP contribution in [0.3, 0.4) is 0 Å². The highest BCUT2D eigenvalue weighted by Gasteiger charge is 2.44. The Hall–Kier alpha value is -4.58. The molecule has 2 aromatic carbocycles. The van der Waals surface area contributed by atoms with Crippen LogP contribution in [0.4, 0.5) is 11.5 Å². The molecule has 0 bridgehead atoms. The van der Waals surface area contributed by atoms with Gasteiger partial charge in [0, 0.05) is 50.7 Å². The zero-order valence-corrected chi connectivity index (χ0v) is 51.0. The highest BCUT2D eigenvalue weighted by atomic mass is 33.1. The molecule has 1 aliphatic carbocycles. The summed E-state index contributed by atoms with van der Waals surface area (Å²) in [6, 6.07) is 7.77. The number of ether oxygens (including phenoxy) is 3. The van der Waals surface area contributed by atoms with Crippen molar-refractivity contribution < 1.29 is 111 Å². The van der Waals surface area contributed by atoms with E-state index in [2.05, 4.69) is 35.9 Å². The minimum Gasteiger partial charge on any atom is -0.478 e. The number of nitrogens with two attached hydrogens (primary N) is 2. The topological polar surface area (TPSA) is 495 Å². The molecule has 454 valence electrons. The molecule has 40 heteroatoms. The van der Waals surface area contributed by atoms with Gasteiger partial charge in [-0.2, -0.15) is 30.4 Å². The number of hydrogen-bond acceptors (Lipinski definition) is 26. The fraction of sp³-hybridized carbons (Fsp3) is 0.372. The zero-order chi connectivity index (χ0) is 61.8. The van der Waals surface area contributed by atoms with E-state index in [1.54, 1.807) is 13.8 Å². The number of anilines is 2. The number of nitrogens with one attached hydrogen (secondary N) is 1. The van der Waals surface area contributed by atoms with Crippen molar-refractivity contribution in [1.29, 1.82) is 0 Å². The number of carboxylic acids is 1. The van der Waals surface area contributed by atoms with Crippen LogP contribution in [-0.2, 0) is 61.3 Å². The molecular formula is C43H51N6O25P3S6. The molecule has 0 radical (unpaired) electrons. The molecule has 2 aliphatic heterocycles. The maximum absolute atomic E-state index is 13.6. The predicted molar refractivity (Wildman–Crippen MR) is 302 cm³/mol. The van der Waals surface area contributed by atoms with Gasteiger partial charge < -0.3 is 65.3 Å². The Bertz CT molecular complexity index is 3880. The van der Waals surface area contributed by atoms with Crippen LogP contribution in [-0.4, -0.2) is 131 Å². The standard InChI is InChI=1S/C43H51N6O25P3S6/c1-42(2,3)80-79-21-69-30-16-32(71-31(30)18-70-76(58,59)74-77(60,61)73-75(55,56)57)49-17-23(38(45)47-41(49)53)7-6-14-68-20-78-81-43(4,5)19-46-39(50)22-8-9-24(27(15-22)40(51)52)33-25-10-12-28(44)36(82(62,63)64)34(25)72-35-26(33)11-13-29(48-54)37(35)83(65,66)67/h8-13,15,17,30-32,54H,14,16,18-21,44H2,1-5H3,(H,46,50)(H,51,52)(H,58,59)(H,60,61)(H2,45,47,53)(H2,55,56,57)(H,62,63,64)(H,65,66,67)/b48-29+/t30-,31-,32-/m1/s1. The van der Waals surface area contributed by atoms with Gasteiger partial charge in [-0.25, -0.2) is 23.3 Å². The second kappa shape index (κ2) is 26.6. The Balaban J connectivity index is 1.10. The van der Waals surface area contributed by atoms with Crippen molar-refractivity contribution in [3.05, 3.63) is 81.2 Å². The van der Waals surface area contributed by atoms with Crippen molar-refractivity contribution in [2.45, 2.75) is 78.8 Å². The van der Waals surface area contributed by atoms with Gasteiger partial charge in [-0.05, 0) is 55.8 Å². The van der Waals surface area contributed by atoms with E-state index in [9.17, 15) is 74.1 Å². The van der Waals surface area contributed by atoms with Gasteiger partial charge in [0.05, 0.1) is 29.5 Å². The first kappa shape index (κ1) is 67.5. The first-order valence-electron chi connectivity index (χ1n) is 23.0. The average molecular weight is 1340 g/mol. The molecule has 5 atom stereocenters. The molecule has 31 nitrogen and oxygen atoms in total. The van der Waals surface area contributed by atoms with Gasteiger partial charge in [-0.3, -0.25) is 23.0 Å². The molecule has 1 fully saturated rings. The summed E-state index contributed by atoms with van der Waals surface area (Å²) in [5.41, 5.74) is 8.35. The quantitative estimate of drug-likeness (QED) is 0.00348. The highest BCUT2D eigenvalue weighted by molar-refractivity contribution is 8.77. The van der Waals surface area contributed by atoms with Gasteiger partial charge in [-0.1, -0.05) is 87.0 Å². The third-order valence-corrected chi connectivity index (χ3v) is 22.4. The lowest BCUT2D eigenvalue weighted by molar-refractivity contribution is -0.0543. The molecule has 1 aromatic heterocycles. The Labute approximate surface area is 486 Å². The van der Waals surface area contributed by atoms with Gasteiger partial charge in [0.25, 0.3) is 16.0 Å². The van der Waals surface area contributed by atoms with Crippen molar-refractivity contribution in [2.24, 2.45) is 5.16 Å². The Kier molecular flexibility index (Phi) is 21.6. The number of aromatic carboxylic acids is 1. The summed E-state index contributed by atoms with van der Waals surface area (Å²) >= 11 is 0. The predicted octanol–water partition coefficient (Wildman–Crippen LogP) is 5.48. The number of fused-ring (bicyclic) bond motifs is 2. The Morgan fingerprint density at radius 1 is 0.916 bits per heavy atom. The van der Waals surface area contributed by atoms with Crippen LogP contribution in [0.5, 0.6) is 0 Å². The van der Waals surface area contributed by atoms with Crippen LogP contribution in [0.15, 0.2) is 72.8 Å². The van der Waals surface area contributed by atoms with Crippen LogP contribution in [0.25, 0.3) is 33.4 Å². The van der Waals surface area contributed by atoms with Crippen LogP contribution in [0.1, 0.15) is 73.5 Å². The molecule has 6 rings (SSSR count). The molecule has 3 heterocycles. The monoisotopic (exact) mass is 1340 g/mol. The second-order valence-corrected chi connectivity index (χ2v) is 31.9. The number of nitrogen functional groups attached to an aromatic ring is 2. The maximum Gasteiger partial charge on any atom is 0.490 e. The Morgan fingerprint density at radius 3 is 2.20 bits per heavy atom. The summed E-state index contributed by atoms with van der Waals surface area (Å²) in [6.45, 7) is 8.43. The van der Waals surface area contributed by atoms with Gasteiger partial charge >= 0.3 is 45.2 Å². The van der Waals surface area contributed by atoms with Crippen molar-refractivity contribution in [1.82, 2.24) is 14.9 Å². The first-order chi connectivity index (χ1) is 38.3. The summed E-state index contributed by atoms with van der Waals surface area (Å²) in [7, 11) is -22.3. The normalized spacial score (nSPS) is 17.9. The molecule has 1 saturated heterocycles. The number of hydrogen-bond donors (Lipinski definition) is 11. The smallest absolute Gasteiger partial charge is 0.478 e. The first-order valence-corrected chi connectivity index (χ1v) is 35.1. The molecular weight excluding hydrogens is 1290 g/mol. The second-order valence-electron chi connectivity index (χ2n) is 18.8. The van der Waals surface area contributed by atoms with E-state index in [1.807, 2.05) is 20.8 Å². The average Bonchev–Trinajstić information content (AvgIpc) is 1.41. The highest BCUT2D eigenvalue weighted by Crippen LogP contribution is 2.66. The molecule has 0 spiro atoms. The summed E-state index contributed by atoms with van der Waals surface area (Å²) in [6.07, 6.45) is -2.21. The number of carbonyl (C=O) groups is 2. The molecule has 2 unspecified atom stereocenters. The van der Waals surface area contributed by atoms with E-state index in [1.165, 1.54) is 67.6 Å². The molecule has 1 amide bonds. The van der Waals surface area contributed by atoms with Crippen LogP contribution >= 0.6 is 66.6 Å². The van der Waals surface area contributed by atoms with E-state index in [0.717, 1.165) is 28.8 Å². The lowest BCUT2D eigenvalue weighted by atomic mass is 9.89. The number of rotatable bonds is 24. The van der Waals surface area contributed by atoms with E-state index in [0.29, 0.717) is 0 Å². The number of aromatic nitrogens is 2. The van der Waals surface area contributed by atoms with Crippen LogP contribution in [0.2, 0.25) is 0 Å². The minimum atomic E-state index is -5.83. The molecule has 0 saturated carbocycles. The van der Waals surface area contributed by atoms with Crippen molar-refractivity contribution in [3.63, 3.8) is 0 Å². The van der Waals surface area contributed by atoms with Crippen molar-refractivity contribution in [3.8, 4) is 34.3 Å². The fourth-order valence-corrected chi connectivity index (χ4v) is 16.2. The lowest BCUT2D eigenvalue weighted by Crippen LogP contribution is -2.36. The van der Waals surface area contributed by atoms with E-state index in [4.69, 9.17) is 44.4 Å². The number of carbonyl (C=O) groups excluding carboxylic acids is 1. The fourth-order valence-electron chi connectivity index (χ4n) is 7.57. The van der Waals surface area contributed by atoms with Crippen LogP contribution < -0.4 is 27.8 Å².